The molecular formula is C26H30ClN3O5. The van der Waals surface area contributed by atoms with Gasteiger partial charge in [-0.15, -0.1) is 0 Å². The first-order chi connectivity index (χ1) is 16.7. The second kappa shape index (κ2) is 8.47. The zero-order chi connectivity index (χ0) is 25.1. The molecule has 0 aliphatic carbocycles. The standard InChI is InChI=1S/C26H30ClN3O5/c1-4-25-11-5-13-28(3)22(32)19(25)20-23(33)30(16(2)15-31)21-24(34)29(14-6-12-26(20,21)35-25)18-9-7-17(27)8-10-18/h5-12,16,19-21,31H,4,13-15H2,1-3H3/t16-,19+,20+,21?,25-,26+/m1/s1. The lowest BCUT2D eigenvalue weighted by Crippen LogP contribution is -2.58. The number of rotatable bonds is 4. The number of fused-ring (bicyclic) bond motifs is 2. The summed E-state index contributed by atoms with van der Waals surface area (Å²) in [5.41, 5.74) is -1.70. The molecule has 1 aromatic rings. The topological polar surface area (TPSA) is 90.4 Å². The first-order valence-electron chi connectivity index (χ1n) is 12.0. The average molecular weight is 500 g/mol. The highest BCUT2D eigenvalue weighted by Gasteiger charge is 2.75. The number of nitrogens with zero attached hydrogens (tertiary/aromatic N) is 3. The van der Waals surface area contributed by atoms with Gasteiger partial charge in [-0.1, -0.05) is 42.8 Å². The van der Waals surface area contributed by atoms with Crippen molar-refractivity contribution in [1.82, 2.24) is 9.80 Å². The number of likely N-dealkylation sites (tertiary alicyclic amines) is 1. The second-order valence-corrected chi connectivity index (χ2v) is 10.3. The highest BCUT2D eigenvalue weighted by Crippen LogP contribution is 2.58. The molecule has 1 spiro atoms. The van der Waals surface area contributed by atoms with Crippen LogP contribution in [0.2, 0.25) is 5.02 Å². The number of amides is 3. The molecule has 0 bridgehead atoms. The SMILES string of the molecule is CC[C@@]12C=CCN(C)C(=O)[C@@H]1[C@H]1C(=O)N([C@H](C)CO)C3C(=O)N(c4ccc(Cl)cc4)CC=C[C@@]31O2. The fourth-order valence-corrected chi connectivity index (χ4v) is 6.36. The Balaban J connectivity index is 1.69. The van der Waals surface area contributed by atoms with Crippen molar-refractivity contribution in [2.75, 3.05) is 31.6 Å². The van der Waals surface area contributed by atoms with E-state index >= 15 is 0 Å². The lowest BCUT2D eigenvalue weighted by Gasteiger charge is -2.40. The van der Waals surface area contributed by atoms with E-state index in [4.69, 9.17) is 16.3 Å². The van der Waals surface area contributed by atoms with Crippen molar-refractivity contribution in [3.8, 4) is 0 Å². The predicted octanol–water partition coefficient (Wildman–Crippen LogP) is 2.01. The molecule has 2 fully saturated rings. The average Bonchev–Trinajstić information content (AvgIpc) is 3.16. The highest BCUT2D eigenvalue weighted by molar-refractivity contribution is 6.30. The maximum absolute atomic E-state index is 14.2. The maximum atomic E-state index is 14.2. The van der Waals surface area contributed by atoms with Crippen molar-refractivity contribution < 1.29 is 24.2 Å². The first kappa shape index (κ1) is 24.0. The number of carbonyl (C=O) groups is 3. The van der Waals surface area contributed by atoms with Gasteiger partial charge in [0.05, 0.1) is 30.1 Å². The Hall–Kier alpha value is -2.68. The van der Waals surface area contributed by atoms with Crippen LogP contribution in [-0.2, 0) is 19.1 Å². The van der Waals surface area contributed by atoms with Crippen molar-refractivity contribution in [3.05, 3.63) is 53.6 Å². The van der Waals surface area contributed by atoms with Crippen molar-refractivity contribution in [3.63, 3.8) is 0 Å². The highest BCUT2D eigenvalue weighted by atomic mass is 35.5. The van der Waals surface area contributed by atoms with E-state index in [2.05, 4.69) is 0 Å². The number of aliphatic hydroxyl groups excluding tert-OH is 1. The van der Waals surface area contributed by atoms with Gasteiger partial charge in [0, 0.05) is 30.8 Å². The van der Waals surface area contributed by atoms with Crippen LogP contribution in [0.15, 0.2) is 48.6 Å². The van der Waals surface area contributed by atoms with Gasteiger partial charge >= 0.3 is 0 Å². The lowest BCUT2D eigenvalue weighted by molar-refractivity contribution is -0.151. The molecule has 4 heterocycles. The molecule has 1 N–H and O–H groups in total. The third kappa shape index (κ3) is 3.30. The molecule has 186 valence electrons. The molecular weight excluding hydrogens is 470 g/mol. The third-order valence-corrected chi connectivity index (χ3v) is 8.21. The van der Waals surface area contributed by atoms with Crippen molar-refractivity contribution in [2.24, 2.45) is 11.8 Å². The van der Waals surface area contributed by atoms with Crippen molar-refractivity contribution >= 4 is 35.0 Å². The summed E-state index contributed by atoms with van der Waals surface area (Å²) in [5, 5.41) is 10.6. The Labute approximate surface area is 209 Å². The number of anilines is 1. The minimum atomic E-state index is -1.34. The van der Waals surface area contributed by atoms with Crippen LogP contribution in [-0.4, -0.2) is 82.7 Å². The molecule has 5 rings (SSSR count). The van der Waals surface area contributed by atoms with E-state index in [0.29, 0.717) is 23.7 Å². The van der Waals surface area contributed by atoms with E-state index in [1.807, 2.05) is 31.2 Å². The summed E-state index contributed by atoms with van der Waals surface area (Å²) in [5.74, 6) is -2.50. The summed E-state index contributed by atoms with van der Waals surface area (Å²) in [4.78, 5) is 46.6. The van der Waals surface area contributed by atoms with Crippen LogP contribution < -0.4 is 4.90 Å². The number of halogens is 1. The molecule has 9 heteroatoms. The minimum absolute atomic E-state index is 0.177. The van der Waals surface area contributed by atoms with Crippen LogP contribution in [0, 0.1) is 11.8 Å². The molecule has 0 saturated carbocycles. The number of aliphatic hydroxyl groups is 1. The molecule has 1 unspecified atom stereocenters. The fourth-order valence-electron chi connectivity index (χ4n) is 6.24. The van der Waals surface area contributed by atoms with Gasteiger partial charge in [0.1, 0.15) is 11.6 Å². The summed E-state index contributed by atoms with van der Waals surface area (Å²) >= 11 is 6.06. The zero-order valence-electron chi connectivity index (χ0n) is 20.1. The Bertz CT molecular complexity index is 1120. The number of likely N-dealkylation sites (N-methyl/N-ethyl adjacent to an activating group) is 1. The molecule has 0 radical (unpaired) electrons. The second-order valence-electron chi connectivity index (χ2n) is 9.85. The van der Waals surface area contributed by atoms with Gasteiger partial charge in [-0.3, -0.25) is 14.4 Å². The van der Waals surface area contributed by atoms with Gasteiger partial charge in [-0.25, -0.2) is 0 Å². The molecule has 2 saturated heterocycles. The van der Waals surface area contributed by atoms with E-state index in [1.54, 1.807) is 48.0 Å². The summed E-state index contributed by atoms with van der Waals surface area (Å²) in [6.45, 7) is 4.02. The normalized spacial score (nSPS) is 35.1. The van der Waals surface area contributed by atoms with Gasteiger partial charge < -0.3 is 24.5 Å². The van der Waals surface area contributed by atoms with E-state index in [1.165, 1.54) is 4.90 Å². The quantitative estimate of drug-likeness (QED) is 0.640. The van der Waals surface area contributed by atoms with Gasteiger partial charge in [0.25, 0.3) is 5.91 Å². The molecule has 1 aromatic carbocycles. The van der Waals surface area contributed by atoms with E-state index < -0.39 is 35.1 Å². The third-order valence-electron chi connectivity index (χ3n) is 7.96. The molecule has 4 aliphatic heterocycles. The van der Waals surface area contributed by atoms with Gasteiger partial charge in [0.15, 0.2) is 0 Å². The van der Waals surface area contributed by atoms with Crippen LogP contribution in [0.25, 0.3) is 0 Å². The molecule has 0 aromatic heterocycles. The fraction of sp³-hybridized carbons (Fsp3) is 0.500. The van der Waals surface area contributed by atoms with Crippen LogP contribution >= 0.6 is 11.6 Å². The summed E-state index contributed by atoms with van der Waals surface area (Å²) < 4.78 is 6.83. The number of benzene rings is 1. The van der Waals surface area contributed by atoms with E-state index in [9.17, 15) is 19.5 Å². The van der Waals surface area contributed by atoms with Gasteiger partial charge in [-0.05, 0) is 37.6 Å². The molecule has 4 aliphatic rings. The molecule has 8 nitrogen and oxygen atoms in total. The first-order valence-corrected chi connectivity index (χ1v) is 12.4. The number of hydrogen-bond donors (Lipinski definition) is 1. The minimum Gasteiger partial charge on any atom is -0.394 e. The molecule has 6 atom stereocenters. The number of hydrogen-bond acceptors (Lipinski definition) is 5. The van der Waals surface area contributed by atoms with Crippen LogP contribution in [0.5, 0.6) is 0 Å². The lowest BCUT2D eigenvalue weighted by atomic mass is 9.73. The number of carbonyl (C=O) groups excluding carboxylic acids is 3. The van der Waals surface area contributed by atoms with Crippen molar-refractivity contribution in [1.29, 1.82) is 0 Å². The summed E-state index contributed by atoms with van der Waals surface area (Å²) in [6, 6.07) is 5.27. The van der Waals surface area contributed by atoms with Crippen LogP contribution in [0.4, 0.5) is 5.69 Å². The largest absolute Gasteiger partial charge is 0.394 e. The van der Waals surface area contributed by atoms with E-state index in [-0.39, 0.29) is 30.9 Å². The predicted molar refractivity (Wildman–Crippen MR) is 131 cm³/mol. The maximum Gasteiger partial charge on any atom is 0.253 e. The Morgan fingerprint density at radius 1 is 1.06 bits per heavy atom. The monoisotopic (exact) mass is 499 g/mol. The van der Waals surface area contributed by atoms with Gasteiger partial charge in [-0.2, -0.15) is 0 Å². The van der Waals surface area contributed by atoms with Crippen LogP contribution in [0.3, 0.4) is 0 Å². The van der Waals surface area contributed by atoms with E-state index in [0.717, 1.165) is 0 Å². The summed E-state index contributed by atoms with van der Waals surface area (Å²) in [7, 11) is 1.71. The Morgan fingerprint density at radius 2 is 1.74 bits per heavy atom. The Morgan fingerprint density at radius 3 is 2.40 bits per heavy atom. The van der Waals surface area contributed by atoms with Gasteiger partial charge in [0.2, 0.25) is 11.8 Å². The smallest absolute Gasteiger partial charge is 0.253 e. The number of ether oxygens (including phenoxy) is 1. The molecule has 3 amide bonds. The van der Waals surface area contributed by atoms with Crippen molar-refractivity contribution in [2.45, 2.75) is 43.6 Å². The Kier molecular flexibility index (Phi) is 5.81. The molecule has 35 heavy (non-hydrogen) atoms. The van der Waals surface area contributed by atoms with Crippen LogP contribution in [0.1, 0.15) is 20.3 Å². The zero-order valence-corrected chi connectivity index (χ0v) is 20.8. The summed E-state index contributed by atoms with van der Waals surface area (Å²) in [6.07, 6.45) is 7.92.